The normalized spacial score (nSPS) is 11.0. The molecule has 1 aromatic heterocycles. The second kappa shape index (κ2) is 11.5. The van der Waals surface area contributed by atoms with Crippen LogP contribution in [0.4, 0.5) is 0 Å². The molecule has 0 atom stereocenters. The maximum atomic E-state index is 10.4. The maximum absolute atomic E-state index is 10.4. The Morgan fingerprint density at radius 1 is 0.875 bits per heavy atom. The van der Waals surface area contributed by atoms with Crippen LogP contribution in [0.3, 0.4) is 0 Å². The zero-order chi connectivity index (χ0) is 22.4. The summed E-state index contributed by atoms with van der Waals surface area (Å²) in [7, 11) is 0. The molecule has 0 aliphatic rings. The van der Waals surface area contributed by atoms with E-state index in [0.29, 0.717) is 5.57 Å². The number of aliphatic hydroxyl groups excluding tert-OH is 1. The Kier molecular flexibility index (Phi) is 9.07. The smallest absolute Gasteiger partial charge is 0.158 e. The third kappa shape index (κ3) is 6.23. The van der Waals surface area contributed by atoms with Crippen molar-refractivity contribution >= 4 is 16.7 Å². The van der Waals surface area contributed by atoms with E-state index in [1.165, 1.54) is 35.9 Å². The zero-order valence-corrected chi connectivity index (χ0v) is 21.0. The SMILES string of the molecule is CC(=O)/C(C)=C(/C)O.Cc1cc2ccccc2nc1-c1[c-]cc(-c2ccccc2)cc1.[Ir]. The van der Waals surface area contributed by atoms with Gasteiger partial charge in [-0.2, -0.15) is 0 Å². The number of para-hydroxylation sites is 1. The van der Waals surface area contributed by atoms with Gasteiger partial charge in [0.25, 0.3) is 0 Å². The average molecular weight is 601 g/mol. The molecule has 0 fully saturated rings. The summed E-state index contributed by atoms with van der Waals surface area (Å²) < 4.78 is 0. The Balaban J connectivity index is 0.000000350. The van der Waals surface area contributed by atoms with E-state index in [-0.39, 0.29) is 31.6 Å². The summed E-state index contributed by atoms with van der Waals surface area (Å²) in [5.74, 6) is 0.0301. The van der Waals surface area contributed by atoms with Gasteiger partial charge in [0.15, 0.2) is 5.78 Å². The Morgan fingerprint density at radius 2 is 1.53 bits per heavy atom. The third-order valence-electron chi connectivity index (χ3n) is 5.16. The monoisotopic (exact) mass is 601 g/mol. The molecule has 1 heterocycles. The molecule has 0 saturated heterocycles. The molecule has 0 spiro atoms. The summed E-state index contributed by atoms with van der Waals surface area (Å²) in [4.78, 5) is 15.2. The number of carbonyl (C=O) groups excluding carboxylic acids is 1. The predicted octanol–water partition coefficient (Wildman–Crippen LogP) is 7.10. The summed E-state index contributed by atoms with van der Waals surface area (Å²) in [5, 5.41) is 9.83. The molecule has 3 aromatic carbocycles. The van der Waals surface area contributed by atoms with E-state index in [0.717, 1.165) is 16.8 Å². The molecule has 4 aromatic rings. The number of pyridine rings is 1. The second-order valence-corrected chi connectivity index (χ2v) is 7.47. The van der Waals surface area contributed by atoms with Crippen LogP contribution in [0, 0.1) is 13.0 Å². The van der Waals surface area contributed by atoms with Gasteiger partial charge in [-0.05, 0) is 44.8 Å². The summed E-state index contributed by atoms with van der Waals surface area (Å²) in [5.41, 5.74) is 7.05. The number of fused-ring (bicyclic) bond motifs is 1. The van der Waals surface area contributed by atoms with Gasteiger partial charge < -0.3 is 5.11 Å². The molecule has 4 heteroatoms. The van der Waals surface area contributed by atoms with Crippen LogP contribution in [0.1, 0.15) is 26.3 Å². The predicted molar refractivity (Wildman–Crippen MR) is 128 cm³/mol. The molecule has 1 N–H and O–H groups in total. The molecule has 165 valence electrons. The first-order valence-corrected chi connectivity index (χ1v) is 10.2. The fourth-order valence-electron chi connectivity index (χ4n) is 3.13. The summed E-state index contributed by atoms with van der Waals surface area (Å²) in [6.45, 7) is 6.62. The number of aliphatic hydroxyl groups is 1. The van der Waals surface area contributed by atoms with Crippen LogP contribution in [0.25, 0.3) is 33.3 Å². The van der Waals surface area contributed by atoms with Gasteiger partial charge in [-0.25, -0.2) is 0 Å². The van der Waals surface area contributed by atoms with Crippen LogP contribution in [-0.4, -0.2) is 15.9 Å². The molecular weight excluding hydrogens is 575 g/mol. The molecule has 4 rings (SSSR count). The van der Waals surface area contributed by atoms with Crippen molar-refractivity contribution in [3.05, 3.63) is 102 Å². The van der Waals surface area contributed by atoms with Crippen LogP contribution in [0.15, 0.2) is 90.2 Å². The van der Waals surface area contributed by atoms with Crippen molar-refractivity contribution < 1.29 is 30.0 Å². The van der Waals surface area contributed by atoms with Crippen molar-refractivity contribution in [3.8, 4) is 22.4 Å². The summed E-state index contributed by atoms with van der Waals surface area (Å²) in [6, 6.07) is 30.5. The number of nitrogens with zero attached hydrogens (tertiary/aromatic N) is 1. The van der Waals surface area contributed by atoms with Gasteiger partial charge in [0.2, 0.25) is 0 Å². The topological polar surface area (TPSA) is 50.2 Å². The first-order chi connectivity index (χ1) is 14.9. The number of aromatic nitrogens is 1. The van der Waals surface area contributed by atoms with Gasteiger partial charge in [0.05, 0.1) is 11.3 Å². The van der Waals surface area contributed by atoms with Gasteiger partial charge in [0, 0.05) is 25.7 Å². The summed E-state index contributed by atoms with van der Waals surface area (Å²) in [6.07, 6.45) is 0. The van der Waals surface area contributed by atoms with Crippen molar-refractivity contribution in [1.82, 2.24) is 4.98 Å². The van der Waals surface area contributed by atoms with E-state index in [9.17, 15) is 4.79 Å². The van der Waals surface area contributed by atoms with E-state index in [4.69, 9.17) is 10.1 Å². The molecule has 3 nitrogen and oxygen atoms in total. The molecule has 0 unspecified atom stereocenters. The minimum atomic E-state index is -0.0787. The fraction of sp³-hybridized carbons (Fsp3) is 0.143. The van der Waals surface area contributed by atoms with Gasteiger partial charge in [-0.1, -0.05) is 71.3 Å². The van der Waals surface area contributed by atoms with Crippen molar-refractivity contribution in [2.45, 2.75) is 27.7 Å². The molecule has 0 amide bonds. The number of rotatable bonds is 3. The van der Waals surface area contributed by atoms with E-state index >= 15 is 0 Å². The number of ketones is 1. The third-order valence-corrected chi connectivity index (χ3v) is 5.16. The Morgan fingerprint density at radius 3 is 2.09 bits per heavy atom. The van der Waals surface area contributed by atoms with Gasteiger partial charge in [-0.3, -0.25) is 9.78 Å². The molecular formula is C28H26IrNO2-. The van der Waals surface area contributed by atoms with Crippen molar-refractivity contribution in [2.75, 3.05) is 0 Å². The maximum Gasteiger partial charge on any atom is 0.158 e. The quantitative estimate of drug-likeness (QED) is 0.155. The molecule has 0 aliphatic heterocycles. The number of allylic oxidation sites excluding steroid dienone is 2. The van der Waals surface area contributed by atoms with E-state index < -0.39 is 0 Å². The van der Waals surface area contributed by atoms with Crippen LogP contribution >= 0.6 is 0 Å². The standard InChI is InChI=1S/C22H16N.C6H10O2.Ir/c1-16-15-20-9-5-6-10-21(20)23-22(16)19-13-11-18(12-14-19)17-7-3-2-4-8-17;1-4(5(2)7)6(3)8;/h2-13,15H,1H3;7H,1-3H3;/q-1;;/b;5-4-;. The first-order valence-electron chi connectivity index (χ1n) is 10.2. The van der Waals surface area contributed by atoms with Gasteiger partial charge in [0.1, 0.15) is 0 Å². The number of benzene rings is 3. The number of Topliss-reactive ketones (excluding diaryl/α,β-unsaturated/α-hetero) is 1. The number of hydrogen-bond donors (Lipinski definition) is 1. The van der Waals surface area contributed by atoms with Crippen molar-refractivity contribution in [2.24, 2.45) is 0 Å². The molecule has 1 radical (unpaired) electrons. The Hall–Kier alpha value is -3.07. The van der Waals surface area contributed by atoms with Gasteiger partial charge in [-0.15, -0.1) is 29.8 Å². The molecule has 0 aliphatic carbocycles. The first kappa shape index (κ1) is 25.2. The number of carbonyl (C=O) groups is 1. The van der Waals surface area contributed by atoms with E-state index in [2.05, 4.69) is 67.6 Å². The Bertz CT molecular complexity index is 1230. The second-order valence-electron chi connectivity index (χ2n) is 7.47. The van der Waals surface area contributed by atoms with Crippen LogP contribution in [0.5, 0.6) is 0 Å². The molecule has 0 saturated carbocycles. The van der Waals surface area contributed by atoms with Crippen LogP contribution < -0.4 is 0 Å². The zero-order valence-electron chi connectivity index (χ0n) is 18.6. The largest absolute Gasteiger partial charge is 0.512 e. The molecule has 0 bridgehead atoms. The van der Waals surface area contributed by atoms with E-state index in [1.54, 1.807) is 6.92 Å². The van der Waals surface area contributed by atoms with Gasteiger partial charge >= 0.3 is 0 Å². The minimum absolute atomic E-state index is 0. The minimum Gasteiger partial charge on any atom is -0.512 e. The number of hydrogen-bond acceptors (Lipinski definition) is 3. The Labute approximate surface area is 203 Å². The molecule has 32 heavy (non-hydrogen) atoms. The van der Waals surface area contributed by atoms with Crippen LogP contribution in [0.2, 0.25) is 0 Å². The average Bonchev–Trinajstić information content (AvgIpc) is 2.79. The van der Waals surface area contributed by atoms with Crippen molar-refractivity contribution in [3.63, 3.8) is 0 Å². The van der Waals surface area contributed by atoms with Crippen molar-refractivity contribution in [1.29, 1.82) is 0 Å². The fourth-order valence-corrected chi connectivity index (χ4v) is 3.13. The van der Waals surface area contributed by atoms with Crippen LogP contribution in [-0.2, 0) is 24.9 Å². The number of aryl methyl sites for hydroxylation is 1. The summed E-state index contributed by atoms with van der Waals surface area (Å²) >= 11 is 0. The van der Waals surface area contributed by atoms with E-state index in [1.807, 2.05) is 24.3 Å².